The number of allylic oxidation sites excluding steroid dienone is 2. The Balaban J connectivity index is 1.28. The molecule has 0 saturated carbocycles. The Bertz CT molecular complexity index is 1760. The van der Waals surface area contributed by atoms with Gasteiger partial charge in [0.05, 0.1) is 10.6 Å². The van der Waals surface area contributed by atoms with Gasteiger partial charge in [-0.3, -0.25) is 4.90 Å². The van der Waals surface area contributed by atoms with Crippen LogP contribution in [-0.4, -0.2) is 76.6 Å². The summed E-state index contributed by atoms with van der Waals surface area (Å²) < 4.78 is 64.9. The maximum Gasteiger partial charge on any atom is 0.319 e. The zero-order valence-electron chi connectivity index (χ0n) is 25.7. The highest BCUT2D eigenvalue weighted by atomic mass is 35.5. The predicted octanol–water partition coefficient (Wildman–Crippen LogP) is 6.91. The summed E-state index contributed by atoms with van der Waals surface area (Å²) in [5.74, 6) is -2.47. The van der Waals surface area contributed by atoms with Crippen molar-refractivity contribution < 1.29 is 27.4 Å². The molecule has 46 heavy (non-hydrogen) atoms. The Kier molecular flexibility index (Phi) is 8.13. The molecule has 244 valence electrons. The molecular formula is C34H36ClF4N5O2. The van der Waals surface area contributed by atoms with E-state index < -0.39 is 29.2 Å². The predicted molar refractivity (Wildman–Crippen MR) is 171 cm³/mol. The quantitative estimate of drug-likeness (QED) is 0.163. The van der Waals surface area contributed by atoms with E-state index >= 15 is 4.39 Å². The molecule has 0 aliphatic carbocycles. The maximum atomic E-state index is 16.6. The minimum atomic E-state index is -1.01. The van der Waals surface area contributed by atoms with Crippen molar-refractivity contribution in [2.75, 3.05) is 37.7 Å². The van der Waals surface area contributed by atoms with Crippen molar-refractivity contribution in [3.05, 3.63) is 69.2 Å². The van der Waals surface area contributed by atoms with Crippen LogP contribution in [0.2, 0.25) is 5.02 Å². The van der Waals surface area contributed by atoms with Gasteiger partial charge in [-0.25, -0.2) is 17.6 Å². The Morgan fingerprint density at radius 3 is 2.67 bits per heavy atom. The van der Waals surface area contributed by atoms with Crippen molar-refractivity contribution in [1.82, 2.24) is 20.2 Å². The number of nitrogens with zero attached hydrogens (tertiary/aromatic N) is 4. The van der Waals surface area contributed by atoms with E-state index in [4.69, 9.17) is 21.3 Å². The third-order valence-corrected chi connectivity index (χ3v) is 10.3. The van der Waals surface area contributed by atoms with Crippen molar-refractivity contribution in [2.45, 2.75) is 69.7 Å². The number of aromatic nitrogens is 2. The van der Waals surface area contributed by atoms with Crippen LogP contribution in [-0.2, 0) is 0 Å². The number of aliphatic hydroxyl groups excluding tert-OH is 1. The van der Waals surface area contributed by atoms with Crippen LogP contribution >= 0.6 is 11.6 Å². The number of piperazine rings is 1. The smallest absolute Gasteiger partial charge is 0.319 e. The van der Waals surface area contributed by atoms with E-state index in [-0.39, 0.29) is 57.7 Å². The molecule has 7 nitrogen and oxygen atoms in total. The molecule has 4 fully saturated rings. The van der Waals surface area contributed by atoms with E-state index in [2.05, 4.69) is 20.1 Å². The molecule has 3 aromatic rings. The van der Waals surface area contributed by atoms with Crippen LogP contribution in [0, 0.1) is 24.4 Å². The first kappa shape index (κ1) is 31.2. The number of hydrogen-bond donors (Lipinski definition) is 2. The average molecular weight is 658 g/mol. The molecule has 2 unspecified atom stereocenters. The molecule has 4 aliphatic rings. The minimum Gasteiger partial charge on any atom is -0.508 e. The number of fused-ring (bicyclic) bond motifs is 4. The lowest BCUT2D eigenvalue weighted by Gasteiger charge is -2.34. The second-order valence-electron chi connectivity index (χ2n) is 13.2. The van der Waals surface area contributed by atoms with Crippen molar-refractivity contribution in [1.29, 1.82) is 0 Å². The van der Waals surface area contributed by atoms with Crippen molar-refractivity contribution in [2.24, 2.45) is 0 Å². The van der Waals surface area contributed by atoms with Gasteiger partial charge in [0.2, 0.25) is 0 Å². The second-order valence-corrected chi connectivity index (χ2v) is 13.6. The third kappa shape index (κ3) is 5.60. The van der Waals surface area contributed by atoms with Gasteiger partial charge in [0.15, 0.2) is 17.5 Å². The third-order valence-electron chi connectivity index (χ3n) is 10.0. The highest BCUT2D eigenvalue weighted by Gasteiger charge is 2.49. The monoisotopic (exact) mass is 657 g/mol. The van der Waals surface area contributed by atoms with Crippen LogP contribution in [0.25, 0.3) is 22.6 Å². The van der Waals surface area contributed by atoms with E-state index in [1.165, 1.54) is 25.1 Å². The molecule has 12 heteroatoms. The van der Waals surface area contributed by atoms with Crippen molar-refractivity contribution in [3.8, 4) is 6.01 Å². The molecule has 4 atom stereocenters. The molecule has 4 saturated heterocycles. The van der Waals surface area contributed by atoms with Gasteiger partial charge in [-0.15, -0.1) is 0 Å². The van der Waals surface area contributed by atoms with Crippen molar-refractivity contribution >= 4 is 40.0 Å². The van der Waals surface area contributed by atoms with Crippen LogP contribution < -0.4 is 15.0 Å². The number of nitrogens with one attached hydrogen (secondary N) is 1. The van der Waals surface area contributed by atoms with Crippen LogP contribution in [0.4, 0.5) is 23.4 Å². The Hall–Kier alpha value is -3.41. The Labute approximate surface area is 269 Å². The lowest BCUT2D eigenvalue weighted by Crippen LogP contribution is -2.51. The number of ether oxygens (including phenoxy) is 1. The van der Waals surface area contributed by atoms with Gasteiger partial charge in [-0.2, -0.15) is 9.97 Å². The van der Waals surface area contributed by atoms with Gasteiger partial charge >= 0.3 is 6.01 Å². The van der Waals surface area contributed by atoms with Gasteiger partial charge in [-0.1, -0.05) is 17.7 Å². The lowest BCUT2D eigenvalue weighted by molar-refractivity contribution is 0.107. The number of alkyl halides is 1. The summed E-state index contributed by atoms with van der Waals surface area (Å²) in [5, 5.41) is 14.9. The zero-order valence-corrected chi connectivity index (χ0v) is 26.5. The van der Waals surface area contributed by atoms with E-state index in [0.717, 1.165) is 38.3 Å². The Morgan fingerprint density at radius 2 is 1.91 bits per heavy atom. The summed E-state index contributed by atoms with van der Waals surface area (Å²) in [6, 6.07) is 4.56. The number of halogens is 5. The molecule has 1 aromatic heterocycles. The number of benzene rings is 2. The number of aliphatic hydroxyl groups is 1. The fourth-order valence-corrected chi connectivity index (χ4v) is 8.10. The molecule has 2 aromatic carbocycles. The minimum absolute atomic E-state index is 0.0160. The van der Waals surface area contributed by atoms with E-state index in [0.29, 0.717) is 42.8 Å². The summed E-state index contributed by atoms with van der Waals surface area (Å²) in [6.07, 6.45) is 5.91. The SMILES string of the molecule is C/C(=C\C(O)=C/c1ccc(F)c(F)c1C)c1c(Cl)cc2c(N3CC4CCC(C3)N4)nc(OC[C@@]34CCCN3C[C@H](F)C4)nc2c1F. The summed E-state index contributed by atoms with van der Waals surface area (Å²) in [6.45, 7) is 5.77. The molecular weight excluding hydrogens is 622 g/mol. The largest absolute Gasteiger partial charge is 0.508 e. The van der Waals surface area contributed by atoms with Gasteiger partial charge < -0.3 is 20.1 Å². The standard InChI is InChI=1S/C34H36ClF4N5O2/c1-18(10-24(45)11-20-4-7-27(37)29(38)19(20)2)28-26(35)12-25-31(30(28)39)41-33(42-32(25)43-15-22-5-6-23(16-43)40-22)46-17-34-8-3-9-44(34)14-21(36)13-34/h4,7,10-12,21-23,40,45H,3,5-6,8-9,13-17H2,1-2H3/b18-10+,24-11+/t21-,22?,23?,34+/m1/s1. The summed E-state index contributed by atoms with van der Waals surface area (Å²) in [5.41, 5.74) is 0.228. The first-order valence-corrected chi connectivity index (χ1v) is 16.2. The molecule has 0 spiro atoms. The molecule has 2 bridgehead atoms. The summed E-state index contributed by atoms with van der Waals surface area (Å²) in [7, 11) is 0. The second kappa shape index (κ2) is 12.0. The van der Waals surface area contributed by atoms with Gasteiger partial charge in [0.25, 0.3) is 0 Å². The molecule has 5 heterocycles. The van der Waals surface area contributed by atoms with E-state index in [1.54, 1.807) is 13.0 Å². The summed E-state index contributed by atoms with van der Waals surface area (Å²) in [4.78, 5) is 13.6. The molecule has 4 aliphatic heterocycles. The van der Waals surface area contributed by atoms with Crippen LogP contribution in [0.15, 0.2) is 30.0 Å². The number of rotatable bonds is 7. The Morgan fingerprint density at radius 1 is 1.15 bits per heavy atom. The van der Waals surface area contributed by atoms with Gasteiger partial charge in [0.1, 0.15) is 29.9 Å². The first-order valence-electron chi connectivity index (χ1n) is 15.8. The fraction of sp³-hybridized carbons (Fsp3) is 0.471. The first-order chi connectivity index (χ1) is 22.0. The highest BCUT2D eigenvalue weighted by molar-refractivity contribution is 6.33. The molecule has 0 radical (unpaired) electrons. The summed E-state index contributed by atoms with van der Waals surface area (Å²) >= 11 is 6.72. The van der Waals surface area contributed by atoms with Crippen LogP contribution in [0.5, 0.6) is 6.01 Å². The van der Waals surface area contributed by atoms with E-state index in [1.807, 2.05) is 0 Å². The molecule has 2 N–H and O–H groups in total. The fourth-order valence-electron chi connectivity index (χ4n) is 7.76. The maximum absolute atomic E-state index is 16.6. The molecule has 7 rings (SSSR count). The van der Waals surface area contributed by atoms with E-state index in [9.17, 15) is 18.3 Å². The topological polar surface area (TPSA) is 73.8 Å². The number of anilines is 1. The normalized spacial score (nSPS) is 26.8. The van der Waals surface area contributed by atoms with Crippen molar-refractivity contribution in [3.63, 3.8) is 0 Å². The zero-order chi connectivity index (χ0) is 32.3. The lowest BCUT2D eigenvalue weighted by atomic mass is 9.95. The highest BCUT2D eigenvalue weighted by Crippen LogP contribution is 2.42. The van der Waals surface area contributed by atoms with Crippen LogP contribution in [0.3, 0.4) is 0 Å². The van der Waals surface area contributed by atoms with Gasteiger partial charge in [-0.05, 0) is 87.1 Å². The van der Waals surface area contributed by atoms with Gasteiger partial charge in [0, 0.05) is 49.1 Å². The average Bonchev–Trinajstić information content (AvgIpc) is 3.66. The van der Waals surface area contributed by atoms with Crippen LogP contribution in [0.1, 0.15) is 55.7 Å². The molecule has 0 amide bonds. The number of hydrogen-bond acceptors (Lipinski definition) is 7.